The van der Waals surface area contributed by atoms with Crippen molar-refractivity contribution in [2.75, 3.05) is 12.3 Å². The molecule has 21 heavy (non-hydrogen) atoms. The van der Waals surface area contributed by atoms with E-state index in [1.165, 1.54) is 11.5 Å². The molecule has 0 saturated carbocycles. The second-order valence-corrected chi connectivity index (χ2v) is 6.30. The van der Waals surface area contributed by atoms with Crippen LogP contribution in [0.2, 0.25) is 0 Å². The van der Waals surface area contributed by atoms with E-state index in [4.69, 9.17) is 5.73 Å². The molecular weight excluding hydrogens is 284 g/mol. The molecule has 3 rings (SSSR count). The molecule has 110 valence electrons. The lowest BCUT2D eigenvalue weighted by molar-refractivity contribution is 0.0953. The molecule has 2 aromatic rings. The van der Waals surface area contributed by atoms with Gasteiger partial charge in [-0.25, -0.2) is 0 Å². The SMILES string of the molecule is Cc1cc(C(=O)NCC2C=c3cc(N)[nH]c3=CC2C)sn1. The van der Waals surface area contributed by atoms with Gasteiger partial charge in [0.1, 0.15) is 10.7 Å². The highest BCUT2D eigenvalue weighted by Crippen LogP contribution is 2.17. The molecule has 0 bridgehead atoms. The second-order valence-electron chi connectivity index (χ2n) is 5.49. The third-order valence-electron chi connectivity index (χ3n) is 3.75. The predicted octanol–water partition coefficient (Wildman–Crippen LogP) is 0.619. The Labute approximate surface area is 126 Å². The fraction of sp³-hybridized carbons (Fsp3) is 0.333. The van der Waals surface area contributed by atoms with Gasteiger partial charge in [-0.3, -0.25) is 4.79 Å². The molecule has 2 heterocycles. The van der Waals surface area contributed by atoms with Crippen molar-refractivity contribution < 1.29 is 4.79 Å². The second kappa shape index (κ2) is 5.37. The summed E-state index contributed by atoms with van der Waals surface area (Å²) in [6, 6.07) is 3.74. The van der Waals surface area contributed by atoms with Crippen LogP contribution in [0.15, 0.2) is 12.1 Å². The lowest BCUT2D eigenvalue weighted by Gasteiger charge is -2.20. The van der Waals surface area contributed by atoms with Gasteiger partial charge in [0.05, 0.1) is 5.69 Å². The molecule has 0 radical (unpaired) electrons. The van der Waals surface area contributed by atoms with E-state index in [-0.39, 0.29) is 11.8 Å². The lowest BCUT2D eigenvalue weighted by atomic mass is 9.89. The highest BCUT2D eigenvalue weighted by molar-refractivity contribution is 7.08. The van der Waals surface area contributed by atoms with E-state index in [1.807, 2.05) is 19.1 Å². The van der Waals surface area contributed by atoms with Crippen molar-refractivity contribution in [3.8, 4) is 0 Å². The maximum Gasteiger partial charge on any atom is 0.263 e. The summed E-state index contributed by atoms with van der Waals surface area (Å²) in [5.41, 5.74) is 6.66. The van der Waals surface area contributed by atoms with Crippen molar-refractivity contribution in [1.82, 2.24) is 14.7 Å². The highest BCUT2D eigenvalue weighted by Gasteiger charge is 2.18. The number of H-pyrrole nitrogens is 1. The maximum atomic E-state index is 12.1. The molecule has 0 spiro atoms. The van der Waals surface area contributed by atoms with Gasteiger partial charge in [-0.05, 0) is 41.7 Å². The van der Waals surface area contributed by atoms with Gasteiger partial charge in [-0.15, -0.1) is 0 Å². The van der Waals surface area contributed by atoms with Crippen molar-refractivity contribution >= 4 is 35.4 Å². The molecule has 2 unspecified atom stereocenters. The summed E-state index contributed by atoms with van der Waals surface area (Å²) < 4.78 is 4.13. The Bertz CT molecular complexity index is 789. The zero-order valence-corrected chi connectivity index (χ0v) is 12.8. The number of hydrogen-bond acceptors (Lipinski definition) is 4. The van der Waals surface area contributed by atoms with Crippen LogP contribution in [0.1, 0.15) is 22.3 Å². The molecule has 5 nitrogen and oxygen atoms in total. The Kier molecular flexibility index (Phi) is 3.55. The summed E-state index contributed by atoms with van der Waals surface area (Å²) in [5.74, 6) is 1.23. The minimum Gasteiger partial charge on any atom is -0.385 e. The third kappa shape index (κ3) is 2.85. The Morgan fingerprint density at radius 1 is 1.48 bits per heavy atom. The largest absolute Gasteiger partial charge is 0.385 e. The standard InChI is InChI=1S/C15H18N4OS/c1-8-3-12-10(6-14(16)18-12)5-11(8)7-17-15(20)13-4-9(2)19-21-13/h3-6,8,11,18H,7,16H2,1-2H3,(H,17,20). The Balaban J connectivity index is 1.71. The quantitative estimate of drug-likeness (QED) is 0.777. The van der Waals surface area contributed by atoms with E-state index >= 15 is 0 Å². The molecule has 6 heteroatoms. The normalized spacial score (nSPS) is 20.3. The first-order valence-electron chi connectivity index (χ1n) is 6.92. The number of nitrogen functional groups attached to an aromatic ring is 1. The first-order chi connectivity index (χ1) is 10.0. The monoisotopic (exact) mass is 302 g/mol. The van der Waals surface area contributed by atoms with Crippen molar-refractivity contribution in [3.05, 3.63) is 33.3 Å². The summed E-state index contributed by atoms with van der Waals surface area (Å²) in [5, 5.41) is 5.17. The first-order valence-corrected chi connectivity index (χ1v) is 7.70. The number of carbonyl (C=O) groups excluding carboxylic acids is 1. The minimum absolute atomic E-state index is 0.0550. The van der Waals surface area contributed by atoms with Crippen molar-refractivity contribution in [3.63, 3.8) is 0 Å². The zero-order valence-electron chi connectivity index (χ0n) is 12.0. The third-order valence-corrected chi connectivity index (χ3v) is 4.63. The summed E-state index contributed by atoms with van der Waals surface area (Å²) in [6.45, 7) is 4.64. The highest BCUT2D eigenvalue weighted by atomic mass is 32.1. The van der Waals surface area contributed by atoms with E-state index in [0.717, 1.165) is 16.3 Å². The number of anilines is 1. The van der Waals surface area contributed by atoms with Crippen LogP contribution in [0.3, 0.4) is 0 Å². The minimum atomic E-state index is -0.0550. The van der Waals surface area contributed by atoms with Crippen molar-refractivity contribution in [1.29, 1.82) is 0 Å². The summed E-state index contributed by atoms with van der Waals surface area (Å²) in [4.78, 5) is 15.9. The van der Waals surface area contributed by atoms with Crippen molar-refractivity contribution in [2.45, 2.75) is 13.8 Å². The average Bonchev–Trinajstić information content (AvgIpc) is 3.00. The van der Waals surface area contributed by atoms with E-state index in [1.54, 1.807) is 0 Å². The number of hydrogen-bond donors (Lipinski definition) is 3. The van der Waals surface area contributed by atoms with E-state index in [9.17, 15) is 4.79 Å². The maximum absolute atomic E-state index is 12.1. The van der Waals surface area contributed by atoms with E-state index in [2.05, 4.69) is 33.8 Å². The van der Waals surface area contributed by atoms with E-state index in [0.29, 0.717) is 23.2 Å². The number of aromatic amines is 1. The fourth-order valence-electron chi connectivity index (χ4n) is 2.57. The van der Waals surface area contributed by atoms with Gasteiger partial charge in [0.25, 0.3) is 5.91 Å². The number of nitrogens with zero attached hydrogens (tertiary/aromatic N) is 1. The Morgan fingerprint density at radius 2 is 2.29 bits per heavy atom. The topological polar surface area (TPSA) is 83.8 Å². The van der Waals surface area contributed by atoms with Crippen LogP contribution in [0, 0.1) is 18.8 Å². The van der Waals surface area contributed by atoms with Gasteiger partial charge >= 0.3 is 0 Å². The molecule has 4 N–H and O–H groups in total. The molecule has 0 aromatic carbocycles. The van der Waals surface area contributed by atoms with Gasteiger partial charge < -0.3 is 16.0 Å². The van der Waals surface area contributed by atoms with Crippen LogP contribution in [-0.4, -0.2) is 21.8 Å². The summed E-state index contributed by atoms with van der Waals surface area (Å²) in [7, 11) is 0. The number of nitrogens with one attached hydrogen (secondary N) is 2. The number of fused-ring (bicyclic) bond motifs is 1. The smallest absolute Gasteiger partial charge is 0.263 e. The number of amides is 1. The molecule has 0 fully saturated rings. The van der Waals surface area contributed by atoms with Gasteiger partial charge in [-0.1, -0.05) is 19.1 Å². The van der Waals surface area contributed by atoms with Gasteiger partial charge in [0.2, 0.25) is 0 Å². The number of aryl methyl sites for hydroxylation is 1. The number of aromatic nitrogens is 2. The molecule has 0 aliphatic heterocycles. The average molecular weight is 302 g/mol. The lowest BCUT2D eigenvalue weighted by Crippen LogP contribution is -2.36. The molecule has 0 saturated heterocycles. The van der Waals surface area contributed by atoms with Gasteiger partial charge in [0.15, 0.2) is 0 Å². The van der Waals surface area contributed by atoms with Crippen molar-refractivity contribution in [2.24, 2.45) is 11.8 Å². The van der Waals surface area contributed by atoms with Crippen LogP contribution < -0.4 is 21.6 Å². The predicted molar refractivity (Wildman–Crippen MR) is 85.2 cm³/mol. The molecule has 2 atom stereocenters. The summed E-state index contributed by atoms with van der Waals surface area (Å²) in [6.07, 6.45) is 4.34. The van der Waals surface area contributed by atoms with Gasteiger partial charge in [0, 0.05) is 17.8 Å². The molecule has 1 aliphatic carbocycles. The van der Waals surface area contributed by atoms with Crippen LogP contribution in [0.25, 0.3) is 12.2 Å². The number of rotatable bonds is 3. The first kappa shape index (κ1) is 13.9. The summed E-state index contributed by atoms with van der Waals surface area (Å²) >= 11 is 1.24. The van der Waals surface area contributed by atoms with Crippen LogP contribution in [0.5, 0.6) is 0 Å². The molecule has 2 aromatic heterocycles. The van der Waals surface area contributed by atoms with Gasteiger partial charge in [-0.2, -0.15) is 4.37 Å². The number of nitrogens with two attached hydrogens (primary N) is 1. The Morgan fingerprint density at radius 3 is 3.00 bits per heavy atom. The Hall–Kier alpha value is -2.08. The van der Waals surface area contributed by atoms with Crippen LogP contribution in [0.4, 0.5) is 5.82 Å². The van der Waals surface area contributed by atoms with Crippen LogP contribution in [-0.2, 0) is 0 Å². The van der Waals surface area contributed by atoms with E-state index < -0.39 is 0 Å². The zero-order chi connectivity index (χ0) is 15.0. The molecule has 1 amide bonds. The molecule has 1 aliphatic rings. The number of carbonyl (C=O) groups is 1. The fourth-order valence-corrected chi connectivity index (χ4v) is 3.24. The molecular formula is C15H18N4OS. The van der Waals surface area contributed by atoms with Crippen LogP contribution >= 0.6 is 11.5 Å².